The first-order chi connectivity index (χ1) is 9.89. The maximum absolute atomic E-state index is 6.08. The molecule has 1 saturated heterocycles. The summed E-state index contributed by atoms with van der Waals surface area (Å²) in [6.45, 7) is 8.23. The molecule has 0 spiro atoms. The minimum Gasteiger partial charge on any atom is -0.400 e. The summed E-state index contributed by atoms with van der Waals surface area (Å²) < 4.78 is 12.2. The fraction of sp³-hybridized carbons (Fsp3) is 0.353. The van der Waals surface area contributed by atoms with Crippen molar-refractivity contribution in [2.45, 2.75) is 38.9 Å². The molecule has 0 aliphatic carbocycles. The maximum Gasteiger partial charge on any atom is 0.475 e. The second-order valence-electron chi connectivity index (χ2n) is 6.34. The Kier molecular flexibility index (Phi) is 4.93. The first-order valence-electron chi connectivity index (χ1n) is 7.18. The third-order valence-electron chi connectivity index (χ3n) is 4.29. The predicted octanol–water partition coefficient (Wildman–Crippen LogP) is 2.85. The van der Waals surface area contributed by atoms with E-state index in [4.69, 9.17) is 9.31 Å². The van der Waals surface area contributed by atoms with Crippen molar-refractivity contribution >= 4 is 12.6 Å². The summed E-state index contributed by atoms with van der Waals surface area (Å²) in [7, 11) is -0.355. The van der Waals surface area contributed by atoms with E-state index in [1.165, 1.54) is 0 Å². The quantitative estimate of drug-likeness (QED) is 0.498. The van der Waals surface area contributed by atoms with Crippen LogP contribution in [0.4, 0.5) is 0 Å². The van der Waals surface area contributed by atoms with Crippen LogP contribution in [0.25, 0.3) is 11.3 Å². The molecule has 3 rings (SSSR count). The Hall–Kier alpha value is -0.996. The zero-order chi connectivity index (χ0) is 15.1. The molecular weight excluding hydrogens is 453 g/mol. The SMILES string of the molecule is CC1(C)OB(c2cc[c-]c(-c3ccccn3)c2)OC1(C)C.[Ir]. The van der Waals surface area contributed by atoms with Gasteiger partial charge >= 0.3 is 7.12 Å². The Labute approximate surface area is 145 Å². The van der Waals surface area contributed by atoms with E-state index in [1.807, 2.05) is 36.4 Å². The van der Waals surface area contributed by atoms with Gasteiger partial charge in [-0.15, -0.1) is 35.3 Å². The summed E-state index contributed by atoms with van der Waals surface area (Å²) in [6.07, 6.45) is 1.78. The Morgan fingerprint density at radius 2 is 1.73 bits per heavy atom. The van der Waals surface area contributed by atoms with Gasteiger partial charge in [-0.05, 0) is 39.5 Å². The van der Waals surface area contributed by atoms with Crippen LogP contribution in [0, 0.1) is 6.07 Å². The minimum atomic E-state index is -0.355. The smallest absolute Gasteiger partial charge is 0.400 e. The third-order valence-corrected chi connectivity index (χ3v) is 4.29. The Morgan fingerprint density at radius 1 is 1.05 bits per heavy atom. The summed E-state index contributed by atoms with van der Waals surface area (Å²) in [6, 6.07) is 15.0. The molecule has 117 valence electrons. The van der Waals surface area contributed by atoms with E-state index in [1.54, 1.807) is 6.20 Å². The molecular formula is C17H19BIrNO2-. The zero-order valence-corrected chi connectivity index (χ0v) is 15.6. The van der Waals surface area contributed by atoms with Crippen molar-refractivity contribution in [1.29, 1.82) is 0 Å². The standard InChI is InChI=1S/C17H19BNO2.Ir/c1-16(2)17(3,4)21-18(20-16)14-9-7-8-13(12-14)15-10-5-6-11-19-15;/h5-7,9-12H,1-4H3;/q-1;. The third kappa shape index (κ3) is 3.18. The van der Waals surface area contributed by atoms with Crippen molar-refractivity contribution in [3.63, 3.8) is 0 Å². The van der Waals surface area contributed by atoms with Crippen LogP contribution >= 0.6 is 0 Å². The first kappa shape index (κ1) is 17.4. The zero-order valence-electron chi connectivity index (χ0n) is 13.2. The van der Waals surface area contributed by atoms with Crippen molar-refractivity contribution in [3.8, 4) is 11.3 Å². The molecule has 0 atom stereocenters. The van der Waals surface area contributed by atoms with E-state index >= 15 is 0 Å². The van der Waals surface area contributed by atoms with Gasteiger partial charge in [0.25, 0.3) is 0 Å². The molecule has 1 radical (unpaired) electrons. The number of aromatic nitrogens is 1. The summed E-state index contributed by atoms with van der Waals surface area (Å²) >= 11 is 0. The van der Waals surface area contributed by atoms with Crippen molar-refractivity contribution in [3.05, 3.63) is 48.7 Å². The first-order valence-corrected chi connectivity index (χ1v) is 7.18. The van der Waals surface area contributed by atoms with Crippen LogP contribution in [0.5, 0.6) is 0 Å². The van der Waals surface area contributed by atoms with E-state index in [-0.39, 0.29) is 38.4 Å². The van der Waals surface area contributed by atoms with Crippen molar-refractivity contribution in [2.24, 2.45) is 0 Å². The molecule has 0 bridgehead atoms. The number of benzene rings is 1. The van der Waals surface area contributed by atoms with Crippen LogP contribution in [-0.4, -0.2) is 23.3 Å². The van der Waals surface area contributed by atoms with Crippen molar-refractivity contribution < 1.29 is 29.4 Å². The average Bonchev–Trinajstić information content (AvgIpc) is 2.69. The Balaban J connectivity index is 0.00000176. The molecule has 1 aromatic carbocycles. The predicted molar refractivity (Wildman–Crippen MR) is 84.2 cm³/mol. The van der Waals surface area contributed by atoms with Gasteiger partial charge in [-0.3, -0.25) is 0 Å². The van der Waals surface area contributed by atoms with Crippen LogP contribution < -0.4 is 5.46 Å². The van der Waals surface area contributed by atoms with Crippen molar-refractivity contribution in [1.82, 2.24) is 4.98 Å². The van der Waals surface area contributed by atoms with Gasteiger partial charge in [-0.1, -0.05) is 12.1 Å². The fourth-order valence-corrected chi connectivity index (χ4v) is 2.28. The van der Waals surface area contributed by atoms with Crippen LogP contribution in [0.1, 0.15) is 27.7 Å². The van der Waals surface area contributed by atoms with E-state index in [0.29, 0.717) is 0 Å². The van der Waals surface area contributed by atoms with Crippen LogP contribution in [0.3, 0.4) is 0 Å². The number of hydrogen-bond donors (Lipinski definition) is 0. The van der Waals surface area contributed by atoms with Gasteiger partial charge < -0.3 is 14.3 Å². The van der Waals surface area contributed by atoms with Gasteiger partial charge in [0.15, 0.2) is 0 Å². The monoisotopic (exact) mass is 473 g/mol. The van der Waals surface area contributed by atoms with Gasteiger partial charge in [0.1, 0.15) is 0 Å². The van der Waals surface area contributed by atoms with E-state index in [9.17, 15) is 0 Å². The molecule has 2 aromatic rings. The summed E-state index contributed by atoms with van der Waals surface area (Å²) in [5.74, 6) is 0. The number of rotatable bonds is 2. The summed E-state index contributed by atoms with van der Waals surface area (Å²) in [4.78, 5) is 4.36. The van der Waals surface area contributed by atoms with Gasteiger partial charge in [0, 0.05) is 26.3 Å². The molecule has 0 unspecified atom stereocenters. The molecule has 3 nitrogen and oxygen atoms in total. The summed E-state index contributed by atoms with van der Waals surface area (Å²) in [5.41, 5.74) is 2.18. The molecule has 5 heteroatoms. The van der Waals surface area contributed by atoms with Crippen molar-refractivity contribution in [2.75, 3.05) is 0 Å². The Bertz CT molecular complexity index is 630. The maximum atomic E-state index is 6.08. The second kappa shape index (κ2) is 6.25. The van der Waals surface area contributed by atoms with E-state index in [0.717, 1.165) is 16.7 Å². The molecule has 1 aliphatic heterocycles. The number of nitrogens with zero attached hydrogens (tertiary/aromatic N) is 1. The summed E-state index contributed by atoms with van der Waals surface area (Å²) in [5, 5.41) is 0. The molecule has 0 N–H and O–H groups in total. The van der Waals surface area contributed by atoms with E-state index in [2.05, 4.69) is 38.7 Å². The molecule has 0 amide bonds. The molecule has 1 fully saturated rings. The van der Waals surface area contributed by atoms with E-state index < -0.39 is 0 Å². The van der Waals surface area contributed by atoms with Gasteiger partial charge in [0.05, 0.1) is 11.2 Å². The van der Waals surface area contributed by atoms with Gasteiger partial charge in [-0.25, -0.2) is 0 Å². The normalized spacial score (nSPS) is 18.8. The fourth-order valence-electron chi connectivity index (χ4n) is 2.28. The van der Waals surface area contributed by atoms with Crippen LogP contribution in [0.15, 0.2) is 42.6 Å². The van der Waals surface area contributed by atoms with Gasteiger partial charge in [0.2, 0.25) is 0 Å². The minimum absolute atomic E-state index is 0. The average molecular weight is 472 g/mol. The molecule has 2 heterocycles. The van der Waals surface area contributed by atoms with Crippen LogP contribution in [0.2, 0.25) is 0 Å². The number of hydrogen-bond acceptors (Lipinski definition) is 3. The second-order valence-corrected chi connectivity index (χ2v) is 6.34. The molecule has 1 aliphatic rings. The van der Waals surface area contributed by atoms with Gasteiger partial charge in [-0.2, -0.15) is 0 Å². The largest absolute Gasteiger partial charge is 0.475 e. The topological polar surface area (TPSA) is 31.4 Å². The Morgan fingerprint density at radius 3 is 2.32 bits per heavy atom. The van der Waals surface area contributed by atoms with Crippen LogP contribution in [-0.2, 0) is 29.4 Å². The molecule has 0 saturated carbocycles. The molecule has 1 aromatic heterocycles. The molecule has 22 heavy (non-hydrogen) atoms. The number of pyridine rings is 1.